The number of hydrogen-bond donors (Lipinski definition) is 2. The lowest BCUT2D eigenvalue weighted by Crippen LogP contribution is -2.58. The number of likely N-dealkylation sites (tertiary alicyclic amines) is 1. The first-order valence-electron chi connectivity index (χ1n) is 13.9. The van der Waals surface area contributed by atoms with Crippen LogP contribution in [-0.4, -0.2) is 77.8 Å². The van der Waals surface area contributed by atoms with E-state index in [1.165, 1.54) is 23.5 Å². The monoisotopic (exact) mass is 576 g/mol. The number of aliphatic carboxylic acids is 1. The van der Waals surface area contributed by atoms with E-state index < -0.39 is 29.4 Å². The zero-order valence-electron chi connectivity index (χ0n) is 23.1. The van der Waals surface area contributed by atoms with E-state index in [0.717, 1.165) is 50.0 Å². The second-order valence-electron chi connectivity index (χ2n) is 12.0. The van der Waals surface area contributed by atoms with Gasteiger partial charge in [-0.3, -0.25) is 19.4 Å². The molecule has 1 spiro atoms. The van der Waals surface area contributed by atoms with Crippen molar-refractivity contribution in [1.29, 1.82) is 0 Å². The van der Waals surface area contributed by atoms with Crippen molar-refractivity contribution >= 4 is 47.1 Å². The zero-order chi connectivity index (χ0) is 28.2. The van der Waals surface area contributed by atoms with Gasteiger partial charge in [-0.2, -0.15) is 0 Å². The van der Waals surface area contributed by atoms with Gasteiger partial charge in [0.05, 0.1) is 10.3 Å². The maximum Gasteiger partial charge on any atom is 0.326 e. The molecule has 4 rings (SSSR count). The fourth-order valence-corrected chi connectivity index (χ4v) is 9.29. The molecule has 3 fully saturated rings. The quantitative estimate of drug-likeness (QED) is 0.441. The summed E-state index contributed by atoms with van der Waals surface area (Å²) in [6.45, 7) is 5.98. The third kappa shape index (κ3) is 7.14. The van der Waals surface area contributed by atoms with E-state index in [-0.39, 0.29) is 39.7 Å². The molecule has 1 aromatic heterocycles. The van der Waals surface area contributed by atoms with E-state index >= 15 is 0 Å². The van der Waals surface area contributed by atoms with Gasteiger partial charge >= 0.3 is 5.97 Å². The van der Waals surface area contributed by atoms with Crippen LogP contribution in [-0.2, 0) is 14.4 Å². The summed E-state index contributed by atoms with van der Waals surface area (Å²) in [6, 6.07) is -1.84. The largest absolute Gasteiger partial charge is 0.480 e. The molecule has 3 atom stereocenters. The van der Waals surface area contributed by atoms with Crippen LogP contribution in [0, 0.1) is 17.3 Å². The Morgan fingerprint density at radius 1 is 1.10 bits per heavy atom. The van der Waals surface area contributed by atoms with Crippen LogP contribution in [0.5, 0.6) is 0 Å². The normalized spacial score (nSPS) is 23.3. The second-order valence-corrected chi connectivity index (χ2v) is 15.2. The van der Waals surface area contributed by atoms with Crippen molar-refractivity contribution in [3.8, 4) is 0 Å². The maximum atomic E-state index is 14.1. The topological polar surface area (TPSA) is 130 Å². The van der Waals surface area contributed by atoms with Gasteiger partial charge < -0.3 is 15.3 Å². The first-order valence-corrected chi connectivity index (χ1v) is 15.9. The van der Waals surface area contributed by atoms with Crippen molar-refractivity contribution in [3.05, 3.63) is 24.3 Å². The highest BCUT2D eigenvalue weighted by Crippen LogP contribution is 2.50. The molecule has 2 amide bonds. The molecule has 2 saturated heterocycles. The second kappa shape index (κ2) is 12.6. The molecule has 0 unspecified atom stereocenters. The number of thioether (sulfide) groups is 2. The van der Waals surface area contributed by atoms with Gasteiger partial charge in [0, 0.05) is 37.7 Å². The Hall–Kier alpha value is -2.14. The van der Waals surface area contributed by atoms with E-state index in [9.17, 15) is 24.3 Å². The van der Waals surface area contributed by atoms with E-state index in [4.69, 9.17) is 0 Å². The van der Waals surface area contributed by atoms with Gasteiger partial charge in [-0.1, -0.05) is 40.0 Å². The first kappa shape index (κ1) is 29.8. The minimum absolute atomic E-state index is 0.00188. The first-order chi connectivity index (χ1) is 18.5. The smallest absolute Gasteiger partial charge is 0.326 e. The number of carboxylic acids is 1. The van der Waals surface area contributed by atoms with Gasteiger partial charge in [0.2, 0.25) is 11.8 Å². The minimum atomic E-state index is -1.01. The number of nitrogens with one attached hydrogen (secondary N) is 1. The van der Waals surface area contributed by atoms with Crippen molar-refractivity contribution in [2.24, 2.45) is 17.3 Å². The number of Topliss-reactive ketones (excluding diaryl/α,β-unsaturated/α-hetero) is 1. The molecule has 1 aliphatic carbocycles. The number of hydrogen-bond acceptors (Lipinski definition) is 8. The molecule has 11 heteroatoms. The molecule has 39 heavy (non-hydrogen) atoms. The molecule has 0 bridgehead atoms. The summed E-state index contributed by atoms with van der Waals surface area (Å²) in [7, 11) is 0. The van der Waals surface area contributed by atoms with Crippen LogP contribution in [0.25, 0.3) is 0 Å². The van der Waals surface area contributed by atoms with Crippen LogP contribution in [0.2, 0.25) is 0 Å². The zero-order valence-corrected chi connectivity index (χ0v) is 24.7. The summed E-state index contributed by atoms with van der Waals surface area (Å²) < 4.78 is -0.322. The fourth-order valence-electron chi connectivity index (χ4n) is 5.94. The van der Waals surface area contributed by atoms with Crippen molar-refractivity contribution in [2.75, 3.05) is 18.1 Å². The molecule has 3 aliphatic rings. The fraction of sp³-hybridized carbons (Fsp3) is 0.714. The summed E-state index contributed by atoms with van der Waals surface area (Å²) in [4.78, 5) is 62.9. The van der Waals surface area contributed by atoms with Crippen molar-refractivity contribution in [2.45, 2.75) is 88.3 Å². The molecule has 2 aliphatic heterocycles. The number of rotatable bonds is 8. The molecule has 3 heterocycles. The van der Waals surface area contributed by atoms with Gasteiger partial charge in [0.25, 0.3) is 0 Å². The van der Waals surface area contributed by atoms with Gasteiger partial charge in [0.1, 0.15) is 17.8 Å². The van der Waals surface area contributed by atoms with E-state index in [1.54, 1.807) is 23.5 Å². The molecule has 2 N–H and O–H groups in total. The summed E-state index contributed by atoms with van der Waals surface area (Å²) >= 11 is 3.49. The Morgan fingerprint density at radius 3 is 2.38 bits per heavy atom. The van der Waals surface area contributed by atoms with Crippen LogP contribution in [0.4, 0.5) is 0 Å². The third-order valence-corrected chi connectivity index (χ3v) is 11.4. The average Bonchev–Trinajstić information content (AvgIpc) is 3.29. The predicted molar refractivity (Wildman–Crippen MR) is 152 cm³/mol. The number of amides is 2. The number of nitrogens with zero attached hydrogens (tertiary/aromatic N) is 3. The van der Waals surface area contributed by atoms with E-state index in [0.29, 0.717) is 13.0 Å². The van der Waals surface area contributed by atoms with Crippen molar-refractivity contribution in [3.63, 3.8) is 0 Å². The maximum absolute atomic E-state index is 14.1. The average molecular weight is 577 g/mol. The molecule has 1 saturated carbocycles. The summed E-state index contributed by atoms with van der Waals surface area (Å²) in [5, 5.41) is 13.0. The molecular formula is C28H40N4O5S2. The highest BCUT2D eigenvalue weighted by molar-refractivity contribution is 8.18. The lowest BCUT2D eigenvalue weighted by molar-refractivity contribution is -0.151. The lowest BCUT2D eigenvalue weighted by Gasteiger charge is -2.37. The number of aromatic nitrogens is 2. The van der Waals surface area contributed by atoms with Gasteiger partial charge in [-0.15, -0.1) is 23.5 Å². The standard InChI is InChI=1S/C28H40N4O5S2/c1-27(2,3)23(25(35)32-17-28(15-21(32)26(36)37)38-12-7-13-39-28)31-24(34)19(18-8-5-4-6-9-18)14-22(33)20-16-29-10-11-30-20/h10-11,16,18-19,21,23H,4-9,12-15,17H2,1-3H3,(H,31,34)(H,36,37)/t19-,21-,23+/m0/s1. The van der Waals surface area contributed by atoms with Crippen LogP contribution in [0.1, 0.15) is 82.6 Å². The highest BCUT2D eigenvalue weighted by Gasteiger charge is 2.52. The van der Waals surface area contributed by atoms with E-state index in [2.05, 4.69) is 15.3 Å². The van der Waals surface area contributed by atoms with Crippen LogP contribution >= 0.6 is 23.5 Å². The van der Waals surface area contributed by atoms with Crippen LogP contribution in [0.3, 0.4) is 0 Å². The van der Waals surface area contributed by atoms with Gasteiger partial charge in [-0.25, -0.2) is 9.78 Å². The number of carbonyl (C=O) groups is 4. The third-order valence-electron chi connectivity index (χ3n) is 8.09. The molecule has 1 aromatic rings. The molecule has 9 nitrogen and oxygen atoms in total. The Bertz CT molecular complexity index is 1050. The van der Waals surface area contributed by atoms with Gasteiger partial charge in [-0.05, 0) is 42.1 Å². The molecule has 214 valence electrons. The van der Waals surface area contributed by atoms with Crippen molar-refractivity contribution < 1.29 is 24.3 Å². The number of carboxylic acid groups (broad SMARTS) is 1. The van der Waals surface area contributed by atoms with Crippen molar-refractivity contribution in [1.82, 2.24) is 20.2 Å². The SMILES string of the molecule is CC(C)(C)[C@H](NC(=O)[C@@H](CC(=O)c1cnccn1)C1CCCCC1)C(=O)N1CC2(C[C@H]1C(=O)O)SCCCS2. The Kier molecular flexibility index (Phi) is 9.62. The highest BCUT2D eigenvalue weighted by atomic mass is 32.2. The lowest BCUT2D eigenvalue weighted by atomic mass is 9.76. The summed E-state index contributed by atoms with van der Waals surface area (Å²) in [5.74, 6) is -0.613. The number of carbonyl (C=O) groups excluding carboxylic acids is 3. The van der Waals surface area contributed by atoms with Crippen LogP contribution < -0.4 is 5.32 Å². The Morgan fingerprint density at radius 2 is 1.79 bits per heavy atom. The predicted octanol–water partition coefficient (Wildman–Crippen LogP) is 4.03. The molecular weight excluding hydrogens is 536 g/mol. The van der Waals surface area contributed by atoms with Gasteiger partial charge in [0.15, 0.2) is 5.78 Å². The molecule has 0 aromatic carbocycles. The Balaban J connectivity index is 1.56. The Labute approximate surface area is 239 Å². The summed E-state index contributed by atoms with van der Waals surface area (Å²) in [5.41, 5.74) is -0.437. The summed E-state index contributed by atoms with van der Waals surface area (Å²) in [6.07, 6.45) is 10.6. The minimum Gasteiger partial charge on any atom is -0.480 e. The van der Waals surface area contributed by atoms with Crippen LogP contribution in [0.15, 0.2) is 18.6 Å². The molecule has 0 radical (unpaired) electrons. The van der Waals surface area contributed by atoms with E-state index in [1.807, 2.05) is 20.8 Å². The number of ketones is 1.